The molecule has 0 aromatic carbocycles. The third kappa shape index (κ3) is 1.50. The maximum Gasteiger partial charge on any atom is 0.358 e. The van der Waals surface area contributed by atoms with Gasteiger partial charge in [0.15, 0.2) is 5.69 Å². The Morgan fingerprint density at radius 1 is 1.60 bits per heavy atom. The largest absolute Gasteiger partial charge is 0.476 e. The smallest absolute Gasteiger partial charge is 0.358 e. The minimum absolute atomic E-state index is 0.0637. The van der Waals surface area contributed by atoms with Crippen LogP contribution in [-0.4, -0.2) is 25.6 Å². The lowest BCUT2D eigenvalue weighted by molar-refractivity contribution is 0.0689. The number of carbonyl (C=O) groups is 1. The van der Waals surface area contributed by atoms with Crippen LogP contribution in [0.25, 0.3) is 11.6 Å². The summed E-state index contributed by atoms with van der Waals surface area (Å²) in [6.07, 6.45) is 3.16. The fourth-order valence-corrected chi connectivity index (χ4v) is 1.27. The highest BCUT2D eigenvalue weighted by Crippen LogP contribution is 2.20. The van der Waals surface area contributed by atoms with E-state index >= 15 is 0 Å². The number of imidazole rings is 1. The highest BCUT2D eigenvalue weighted by Gasteiger charge is 2.18. The van der Waals surface area contributed by atoms with Crippen LogP contribution in [0.15, 0.2) is 16.9 Å². The number of rotatable bonds is 2. The normalized spacial score (nSPS) is 10.5. The van der Waals surface area contributed by atoms with Crippen molar-refractivity contribution >= 4 is 5.97 Å². The van der Waals surface area contributed by atoms with E-state index in [4.69, 9.17) is 9.52 Å². The monoisotopic (exact) mass is 207 g/mol. The molecule has 0 radical (unpaired) electrons. The van der Waals surface area contributed by atoms with Crippen LogP contribution in [0.3, 0.4) is 0 Å². The summed E-state index contributed by atoms with van der Waals surface area (Å²) >= 11 is 0. The Bertz CT molecular complexity index is 512. The lowest BCUT2D eigenvalue weighted by Gasteiger charge is -1.94. The van der Waals surface area contributed by atoms with E-state index in [1.807, 2.05) is 0 Å². The van der Waals surface area contributed by atoms with Gasteiger partial charge in [0, 0.05) is 7.05 Å². The molecule has 0 aliphatic rings. The first-order valence-electron chi connectivity index (χ1n) is 4.27. The molecular weight excluding hydrogens is 198 g/mol. The number of hydrogen-bond donors (Lipinski definition) is 1. The summed E-state index contributed by atoms with van der Waals surface area (Å²) in [5.41, 5.74) is 0.580. The van der Waals surface area contributed by atoms with Crippen molar-refractivity contribution in [1.82, 2.24) is 14.5 Å². The van der Waals surface area contributed by atoms with E-state index in [-0.39, 0.29) is 11.6 Å². The fourth-order valence-electron chi connectivity index (χ4n) is 1.27. The molecule has 1 N–H and O–H groups in total. The van der Waals surface area contributed by atoms with Gasteiger partial charge in [0.2, 0.25) is 5.89 Å². The van der Waals surface area contributed by atoms with Crippen LogP contribution in [0.1, 0.15) is 16.2 Å². The van der Waals surface area contributed by atoms with Gasteiger partial charge in [-0.15, -0.1) is 0 Å². The molecule has 0 spiro atoms. The molecule has 2 heterocycles. The van der Waals surface area contributed by atoms with Crippen molar-refractivity contribution in [3.05, 3.63) is 24.0 Å². The number of aromatic nitrogens is 3. The molecular formula is C9H9N3O3. The van der Waals surface area contributed by atoms with E-state index in [9.17, 15) is 4.79 Å². The molecule has 0 fully saturated rings. The molecule has 2 rings (SSSR count). The zero-order valence-electron chi connectivity index (χ0n) is 8.26. The molecule has 0 saturated carbocycles. The zero-order valence-corrected chi connectivity index (χ0v) is 8.26. The molecule has 0 amide bonds. The van der Waals surface area contributed by atoms with Gasteiger partial charge in [0.05, 0.1) is 12.5 Å². The number of aryl methyl sites for hydroxylation is 2. The van der Waals surface area contributed by atoms with Crippen molar-refractivity contribution < 1.29 is 14.3 Å². The average molecular weight is 207 g/mol. The summed E-state index contributed by atoms with van der Waals surface area (Å²) in [5, 5.41) is 8.80. The number of nitrogens with zero attached hydrogens (tertiary/aromatic N) is 3. The highest BCUT2D eigenvalue weighted by molar-refractivity contribution is 5.86. The van der Waals surface area contributed by atoms with Crippen molar-refractivity contribution in [3.63, 3.8) is 0 Å². The molecule has 2 aromatic rings. The molecule has 6 heteroatoms. The Labute approximate surface area is 85.2 Å². The first-order valence-corrected chi connectivity index (χ1v) is 4.27. The molecule has 2 aromatic heterocycles. The summed E-state index contributed by atoms with van der Waals surface area (Å²) in [6.45, 7) is 1.57. The maximum atomic E-state index is 10.7. The summed E-state index contributed by atoms with van der Waals surface area (Å²) in [4.78, 5) is 18.5. The van der Waals surface area contributed by atoms with Gasteiger partial charge in [0.1, 0.15) is 11.5 Å². The van der Waals surface area contributed by atoms with Crippen LogP contribution < -0.4 is 0 Å². The minimum Gasteiger partial charge on any atom is -0.476 e. The van der Waals surface area contributed by atoms with Crippen LogP contribution >= 0.6 is 0 Å². The molecule has 78 valence electrons. The second-order valence-corrected chi connectivity index (χ2v) is 3.12. The molecule has 15 heavy (non-hydrogen) atoms. The molecule has 0 aliphatic carbocycles. The first kappa shape index (κ1) is 9.45. The highest BCUT2D eigenvalue weighted by atomic mass is 16.4. The maximum absolute atomic E-state index is 10.7. The third-order valence-corrected chi connectivity index (χ3v) is 2.03. The third-order valence-electron chi connectivity index (χ3n) is 2.03. The standard InChI is InChI=1S/C9H9N3O3/c1-5-7(9(13)14)11-8(15-5)6-3-10-4-12(6)2/h3-4H,1-2H3,(H,13,14). The van der Waals surface area contributed by atoms with Crippen molar-refractivity contribution in [1.29, 1.82) is 0 Å². The Hall–Kier alpha value is -2.11. The van der Waals surface area contributed by atoms with Gasteiger partial charge in [-0.3, -0.25) is 0 Å². The number of oxazole rings is 1. The van der Waals surface area contributed by atoms with Crippen molar-refractivity contribution in [2.24, 2.45) is 7.05 Å². The van der Waals surface area contributed by atoms with E-state index in [0.717, 1.165) is 0 Å². The van der Waals surface area contributed by atoms with Gasteiger partial charge in [-0.05, 0) is 6.92 Å². The molecule has 0 unspecified atom stereocenters. The second-order valence-electron chi connectivity index (χ2n) is 3.12. The molecule has 0 bridgehead atoms. The lowest BCUT2D eigenvalue weighted by atomic mass is 10.4. The number of aromatic carboxylic acids is 1. The summed E-state index contributed by atoms with van der Waals surface area (Å²) in [5.74, 6) is -0.534. The van der Waals surface area contributed by atoms with Crippen molar-refractivity contribution in [3.8, 4) is 11.6 Å². The van der Waals surface area contributed by atoms with E-state index < -0.39 is 5.97 Å². The average Bonchev–Trinajstić information content (AvgIpc) is 2.71. The van der Waals surface area contributed by atoms with Gasteiger partial charge in [-0.2, -0.15) is 0 Å². The van der Waals surface area contributed by atoms with Crippen molar-refractivity contribution in [2.75, 3.05) is 0 Å². The van der Waals surface area contributed by atoms with E-state index in [1.54, 1.807) is 31.1 Å². The van der Waals surface area contributed by atoms with Crippen LogP contribution in [0.2, 0.25) is 0 Å². The first-order chi connectivity index (χ1) is 7.09. The number of hydrogen-bond acceptors (Lipinski definition) is 4. The van der Waals surface area contributed by atoms with Crippen LogP contribution in [0.4, 0.5) is 0 Å². The van der Waals surface area contributed by atoms with E-state index in [1.165, 1.54) is 0 Å². The van der Waals surface area contributed by atoms with Gasteiger partial charge >= 0.3 is 5.97 Å². The lowest BCUT2D eigenvalue weighted by Crippen LogP contribution is -1.98. The number of carboxylic acids is 1. The van der Waals surface area contributed by atoms with Crippen LogP contribution in [0.5, 0.6) is 0 Å². The molecule has 0 aliphatic heterocycles. The summed E-state index contributed by atoms with van der Waals surface area (Å²) in [6, 6.07) is 0. The molecule has 0 atom stereocenters. The Kier molecular flexibility index (Phi) is 2.03. The molecule has 0 saturated heterocycles. The predicted molar refractivity (Wildman–Crippen MR) is 50.4 cm³/mol. The molecule has 6 nitrogen and oxygen atoms in total. The zero-order chi connectivity index (χ0) is 11.0. The van der Waals surface area contributed by atoms with E-state index in [0.29, 0.717) is 11.5 Å². The quantitative estimate of drug-likeness (QED) is 0.796. The predicted octanol–water partition coefficient (Wildman–Crippen LogP) is 1.08. The fraction of sp³-hybridized carbons (Fsp3) is 0.222. The minimum atomic E-state index is -1.09. The van der Waals surface area contributed by atoms with Crippen molar-refractivity contribution in [2.45, 2.75) is 6.92 Å². The Morgan fingerprint density at radius 2 is 2.33 bits per heavy atom. The number of carboxylic acid groups (broad SMARTS) is 1. The van der Waals surface area contributed by atoms with Crippen LogP contribution in [0, 0.1) is 6.92 Å². The van der Waals surface area contributed by atoms with Gasteiger partial charge in [-0.1, -0.05) is 0 Å². The van der Waals surface area contributed by atoms with Gasteiger partial charge < -0.3 is 14.1 Å². The summed E-state index contributed by atoms with van der Waals surface area (Å²) in [7, 11) is 1.78. The van der Waals surface area contributed by atoms with Gasteiger partial charge in [-0.25, -0.2) is 14.8 Å². The SMILES string of the molecule is Cc1oc(-c2cncn2C)nc1C(=O)O. The van der Waals surface area contributed by atoms with Gasteiger partial charge in [0.25, 0.3) is 0 Å². The van der Waals surface area contributed by atoms with E-state index in [2.05, 4.69) is 9.97 Å². The second kappa shape index (κ2) is 3.23. The summed E-state index contributed by atoms with van der Waals surface area (Å²) < 4.78 is 6.95. The van der Waals surface area contributed by atoms with Crippen LogP contribution in [-0.2, 0) is 7.05 Å². The topological polar surface area (TPSA) is 81.2 Å². The Morgan fingerprint density at radius 3 is 2.80 bits per heavy atom. The Balaban J connectivity index is 2.52.